The fraction of sp³-hybridized carbons (Fsp3) is 0.300. The van der Waals surface area contributed by atoms with Crippen molar-refractivity contribution in [1.29, 1.82) is 0 Å². The fourth-order valence-corrected chi connectivity index (χ4v) is 3.46. The van der Waals surface area contributed by atoms with Gasteiger partial charge in [0.25, 0.3) is 0 Å². The van der Waals surface area contributed by atoms with Crippen LogP contribution in [0.3, 0.4) is 0 Å². The molecule has 0 aliphatic rings. The number of Topliss-reactive ketones (excluding diaryl/α,β-unsaturated/α-hetero) is 1. The van der Waals surface area contributed by atoms with Crippen LogP contribution in [0, 0.1) is 0 Å². The molecule has 0 aromatic heterocycles. The Morgan fingerprint density at radius 3 is 2.46 bits per heavy atom. The number of carbonyl (C=O) groups excluding carboxylic acids is 2. The van der Waals surface area contributed by atoms with E-state index in [0.29, 0.717) is 17.1 Å². The maximum absolute atomic E-state index is 13.3. The molecule has 2 aromatic carbocycles. The molecule has 2 N–H and O–H groups in total. The highest BCUT2D eigenvalue weighted by Crippen LogP contribution is 2.30. The van der Waals surface area contributed by atoms with Crippen LogP contribution in [0.4, 0.5) is 0 Å². The van der Waals surface area contributed by atoms with Crippen LogP contribution in [-0.2, 0) is 15.3 Å². The van der Waals surface area contributed by atoms with Crippen molar-refractivity contribution in [1.82, 2.24) is 0 Å². The summed E-state index contributed by atoms with van der Waals surface area (Å²) >= 11 is 5.85. The molecule has 0 radical (unpaired) electrons. The summed E-state index contributed by atoms with van der Waals surface area (Å²) in [5.41, 5.74) is 7.59. The zero-order chi connectivity index (χ0) is 19.2. The Morgan fingerprint density at radius 2 is 1.88 bits per heavy atom. The third-order valence-electron chi connectivity index (χ3n) is 4.25. The molecule has 0 saturated carbocycles. The molecule has 0 spiro atoms. The second-order valence-corrected chi connectivity index (χ2v) is 7.24. The number of ether oxygens (including phenoxy) is 1. The summed E-state index contributed by atoms with van der Waals surface area (Å²) in [4.78, 5) is 25.6. The van der Waals surface area contributed by atoms with Gasteiger partial charge in [-0.05, 0) is 41.2 Å². The summed E-state index contributed by atoms with van der Waals surface area (Å²) in [6.07, 6.45) is 2.11. The molecule has 0 heterocycles. The molecular weight excluding hydrogens is 366 g/mol. The summed E-state index contributed by atoms with van der Waals surface area (Å²) in [6, 6.07) is 15.0. The largest absolute Gasteiger partial charge is 0.467 e. The first kappa shape index (κ1) is 20.6. The fourth-order valence-electron chi connectivity index (χ4n) is 2.74. The summed E-state index contributed by atoms with van der Waals surface area (Å²) in [6.45, 7) is 0. The molecule has 1 atom stereocenters. The first-order valence-corrected chi connectivity index (χ1v) is 10.2. The lowest BCUT2D eigenvalue weighted by Gasteiger charge is -2.26. The SMILES string of the molecule is COC(=O)C(N)(CCSC)C(=O)c1ccc(CS)cc1-c1ccccc1. The van der Waals surface area contributed by atoms with Crippen molar-refractivity contribution < 1.29 is 14.3 Å². The molecule has 4 nitrogen and oxygen atoms in total. The van der Waals surface area contributed by atoms with Crippen LogP contribution < -0.4 is 5.73 Å². The second-order valence-electron chi connectivity index (χ2n) is 5.94. The van der Waals surface area contributed by atoms with Crippen LogP contribution in [-0.4, -0.2) is 36.4 Å². The number of carbonyl (C=O) groups is 2. The molecular formula is C20H23NO3S2. The van der Waals surface area contributed by atoms with Gasteiger partial charge in [-0.1, -0.05) is 42.5 Å². The zero-order valence-corrected chi connectivity index (χ0v) is 16.6. The number of thiol groups is 1. The van der Waals surface area contributed by atoms with Gasteiger partial charge in [0.15, 0.2) is 11.3 Å². The van der Waals surface area contributed by atoms with Crippen LogP contribution in [0.25, 0.3) is 11.1 Å². The van der Waals surface area contributed by atoms with Gasteiger partial charge in [0.05, 0.1) is 7.11 Å². The van der Waals surface area contributed by atoms with E-state index in [4.69, 9.17) is 10.5 Å². The normalized spacial score (nSPS) is 13.1. The van der Waals surface area contributed by atoms with Crippen molar-refractivity contribution in [3.05, 3.63) is 59.7 Å². The number of benzene rings is 2. The van der Waals surface area contributed by atoms with Crippen molar-refractivity contribution in [3.63, 3.8) is 0 Å². The van der Waals surface area contributed by atoms with E-state index in [1.807, 2.05) is 48.7 Å². The average molecular weight is 390 g/mol. The average Bonchev–Trinajstić information content (AvgIpc) is 2.70. The second kappa shape index (κ2) is 9.26. The number of thioether (sulfide) groups is 1. The minimum absolute atomic E-state index is 0.211. The Kier molecular flexibility index (Phi) is 7.32. The molecule has 0 fully saturated rings. The van der Waals surface area contributed by atoms with Crippen molar-refractivity contribution in [2.24, 2.45) is 5.73 Å². The van der Waals surface area contributed by atoms with Gasteiger partial charge in [0.2, 0.25) is 0 Å². The highest BCUT2D eigenvalue weighted by Gasteiger charge is 2.43. The molecule has 0 amide bonds. The highest BCUT2D eigenvalue weighted by molar-refractivity contribution is 7.98. The lowest BCUT2D eigenvalue weighted by Crippen LogP contribution is -2.56. The van der Waals surface area contributed by atoms with Gasteiger partial charge in [-0.2, -0.15) is 24.4 Å². The molecule has 0 bridgehead atoms. The number of methoxy groups -OCH3 is 1. The topological polar surface area (TPSA) is 69.4 Å². The molecule has 2 aromatic rings. The van der Waals surface area contributed by atoms with E-state index in [9.17, 15) is 9.59 Å². The standard InChI is InChI=1S/C20H23NO3S2/c1-24-19(23)20(21,10-11-26-2)18(22)16-9-8-14(13-25)12-17(16)15-6-4-3-5-7-15/h3-9,12,25H,10-11,13,21H2,1-2H3. The lowest BCUT2D eigenvalue weighted by molar-refractivity contribution is -0.145. The van der Waals surface area contributed by atoms with E-state index < -0.39 is 17.3 Å². The van der Waals surface area contributed by atoms with Gasteiger partial charge < -0.3 is 10.5 Å². The van der Waals surface area contributed by atoms with Crippen molar-refractivity contribution in [2.75, 3.05) is 19.1 Å². The molecule has 138 valence electrons. The first-order valence-electron chi connectivity index (χ1n) is 8.18. The number of ketones is 1. The van der Waals surface area contributed by atoms with Gasteiger partial charge in [-0.15, -0.1) is 0 Å². The van der Waals surface area contributed by atoms with E-state index in [1.165, 1.54) is 18.9 Å². The number of hydrogen-bond donors (Lipinski definition) is 2. The van der Waals surface area contributed by atoms with Crippen molar-refractivity contribution in [2.45, 2.75) is 17.7 Å². The van der Waals surface area contributed by atoms with E-state index in [0.717, 1.165) is 16.7 Å². The predicted molar refractivity (Wildman–Crippen MR) is 111 cm³/mol. The molecule has 0 saturated heterocycles. The van der Waals surface area contributed by atoms with Crippen LogP contribution >= 0.6 is 24.4 Å². The van der Waals surface area contributed by atoms with Gasteiger partial charge in [0, 0.05) is 11.3 Å². The Bertz CT molecular complexity index is 780. The maximum Gasteiger partial charge on any atom is 0.334 e. The monoisotopic (exact) mass is 389 g/mol. The number of hydrogen-bond acceptors (Lipinski definition) is 6. The summed E-state index contributed by atoms with van der Waals surface area (Å²) < 4.78 is 4.84. The summed E-state index contributed by atoms with van der Waals surface area (Å²) in [5, 5.41) is 0. The number of nitrogens with two attached hydrogens (primary N) is 1. The quantitative estimate of drug-likeness (QED) is 0.312. The van der Waals surface area contributed by atoms with Crippen LogP contribution in [0.2, 0.25) is 0 Å². The molecule has 26 heavy (non-hydrogen) atoms. The molecule has 1 unspecified atom stereocenters. The van der Waals surface area contributed by atoms with Crippen LogP contribution in [0.1, 0.15) is 22.3 Å². The van der Waals surface area contributed by atoms with E-state index in [2.05, 4.69) is 12.6 Å². The van der Waals surface area contributed by atoms with Gasteiger partial charge in [0.1, 0.15) is 0 Å². The number of esters is 1. The summed E-state index contributed by atoms with van der Waals surface area (Å²) in [5.74, 6) is -0.0186. The minimum atomic E-state index is -1.70. The van der Waals surface area contributed by atoms with Gasteiger partial charge >= 0.3 is 5.97 Å². The third-order valence-corrected chi connectivity index (χ3v) is 5.23. The minimum Gasteiger partial charge on any atom is -0.467 e. The predicted octanol–water partition coefficient (Wildman–Crippen LogP) is 3.59. The first-order chi connectivity index (χ1) is 12.5. The van der Waals surface area contributed by atoms with Gasteiger partial charge in [-0.3, -0.25) is 4.79 Å². The molecule has 0 aliphatic carbocycles. The Morgan fingerprint density at radius 1 is 1.19 bits per heavy atom. The van der Waals surface area contributed by atoms with E-state index >= 15 is 0 Å². The Labute approximate surface area is 163 Å². The van der Waals surface area contributed by atoms with Crippen LogP contribution in [0.5, 0.6) is 0 Å². The Balaban J connectivity index is 2.58. The summed E-state index contributed by atoms with van der Waals surface area (Å²) in [7, 11) is 1.25. The lowest BCUT2D eigenvalue weighted by atomic mass is 9.84. The molecule has 2 rings (SSSR count). The zero-order valence-electron chi connectivity index (χ0n) is 14.9. The molecule has 6 heteroatoms. The van der Waals surface area contributed by atoms with E-state index in [1.54, 1.807) is 6.07 Å². The van der Waals surface area contributed by atoms with E-state index in [-0.39, 0.29) is 6.42 Å². The smallest absolute Gasteiger partial charge is 0.334 e. The van der Waals surface area contributed by atoms with Crippen LogP contribution in [0.15, 0.2) is 48.5 Å². The highest BCUT2D eigenvalue weighted by atomic mass is 32.2. The van der Waals surface area contributed by atoms with Crippen molar-refractivity contribution in [3.8, 4) is 11.1 Å². The van der Waals surface area contributed by atoms with Gasteiger partial charge in [-0.25, -0.2) is 4.79 Å². The molecule has 0 aliphatic heterocycles. The maximum atomic E-state index is 13.3. The Hall–Kier alpha value is -1.76. The third kappa shape index (κ3) is 4.31. The van der Waals surface area contributed by atoms with Crippen molar-refractivity contribution >= 4 is 36.1 Å². The number of rotatable bonds is 8.